The Labute approximate surface area is 245 Å². The van der Waals surface area contributed by atoms with Gasteiger partial charge in [-0.25, -0.2) is 0 Å². The molecule has 0 N–H and O–H groups in total. The van der Waals surface area contributed by atoms with Gasteiger partial charge in [-0.3, -0.25) is 0 Å². The van der Waals surface area contributed by atoms with Crippen LogP contribution in [0.3, 0.4) is 0 Å². The first-order chi connectivity index (χ1) is 20.7. The van der Waals surface area contributed by atoms with Gasteiger partial charge >= 0.3 is 0 Å². The van der Waals surface area contributed by atoms with E-state index in [9.17, 15) is 4.79 Å². The van der Waals surface area contributed by atoms with Crippen molar-refractivity contribution in [2.45, 2.75) is 5.41 Å². The van der Waals surface area contributed by atoms with E-state index in [0.717, 1.165) is 40.2 Å². The fourth-order valence-electron chi connectivity index (χ4n) is 4.94. The molecular weight excluding hydrogens is 520 g/mol. The molecule has 0 heterocycles. The summed E-state index contributed by atoms with van der Waals surface area (Å²) >= 11 is 0. The lowest BCUT2D eigenvalue weighted by Gasteiger charge is -2.30. The fourth-order valence-corrected chi connectivity index (χ4v) is 4.94. The topological polar surface area (TPSA) is 44.8 Å². The number of benzene rings is 6. The average Bonchev–Trinajstić information content (AvgIpc) is 3.05. The Morgan fingerprint density at radius 3 is 0.810 bits per heavy atom. The lowest BCUT2D eigenvalue weighted by molar-refractivity contribution is -0.110. The van der Waals surface area contributed by atoms with Crippen molar-refractivity contribution in [2.24, 2.45) is 0 Å². The molecule has 0 atom stereocenters. The minimum atomic E-state index is -1.08. The highest BCUT2D eigenvalue weighted by molar-refractivity contribution is 5.81. The molecule has 0 aliphatic carbocycles. The third-order valence-corrected chi connectivity index (χ3v) is 7.04. The van der Waals surface area contributed by atoms with Crippen LogP contribution in [0.5, 0.6) is 34.5 Å². The van der Waals surface area contributed by atoms with E-state index in [-0.39, 0.29) is 0 Å². The number of hydrogen-bond acceptors (Lipinski definition) is 4. The molecular formula is C38H28O4. The van der Waals surface area contributed by atoms with Crippen molar-refractivity contribution in [3.8, 4) is 34.5 Å². The van der Waals surface area contributed by atoms with Gasteiger partial charge in [-0.1, -0.05) is 91.0 Å². The van der Waals surface area contributed by atoms with Gasteiger partial charge in [-0.2, -0.15) is 0 Å². The second kappa shape index (κ2) is 12.3. The monoisotopic (exact) mass is 548 g/mol. The molecule has 6 aromatic rings. The van der Waals surface area contributed by atoms with E-state index in [1.807, 2.05) is 164 Å². The number of hydrogen-bond donors (Lipinski definition) is 0. The average molecular weight is 549 g/mol. The molecule has 0 aromatic heterocycles. The third-order valence-electron chi connectivity index (χ3n) is 7.04. The van der Waals surface area contributed by atoms with E-state index >= 15 is 0 Å². The van der Waals surface area contributed by atoms with E-state index in [1.165, 1.54) is 0 Å². The molecule has 4 nitrogen and oxygen atoms in total. The van der Waals surface area contributed by atoms with Crippen LogP contribution in [0.2, 0.25) is 0 Å². The molecule has 0 aliphatic rings. The molecule has 0 bridgehead atoms. The van der Waals surface area contributed by atoms with Crippen molar-refractivity contribution in [3.63, 3.8) is 0 Å². The van der Waals surface area contributed by atoms with Gasteiger partial charge in [-0.05, 0) is 89.5 Å². The summed E-state index contributed by atoms with van der Waals surface area (Å²) < 4.78 is 18.0. The number of carbonyl (C=O) groups is 1. The normalized spacial score (nSPS) is 11.0. The van der Waals surface area contributed by atoms with Gasteiger partial charge in [0.15, 0.2) is 0 Å². The molecule has 204 valence electrons. The van der Waals surface area contributed by atoms with Gasteiger partial charge in [0, 0.05) is 0 Å². The van der Waals surface area contributed by atoms with Crippen molar-refractivity contribution in [1.82, 2.24) is 0 Å². The van der Waals surface area contributed by atoms with Crippen molar-refractivity contribution in [2.75, 3.05) is 0 Å². The first-order valence-electron chi connectivity index (χ1n) is 13.7. The number of rotatable bonds is 10. The van der Waals surface area contributed by atoms with Crippen LogP contribution in [0.1, 0.15) is 16.7 Å². The van der Waals surface area contributed by atoms with Gasteiger partial charge in [0.05, 0.1) is 0 Å². The van der Waals surface area contributed by atoms with Crippen LogP contribution >= 0.6 is 0 Å². The highest BCUT2D eigenvalue weighted by atomic mass is 16.5. The van der Waals surface area contributed by atoms with E-state index in [4.69, 9.17) is 14.2 Å². The first-order valence-corrected chi connectivity index (χ1v) is 13.7. The minimum Gasteiger partial charge on any atom is -0.457 e. The Bertz CT molecular complexity index is 1510. The smallest absolute Gasteiger partial charge is 0.139 e. The molecule has 42 heavy (non-hydrogen) atoms. The van der Waals surface area contributed by atoms with Gasteiger partial charge in [0.25, 0.3) is 0 Å². The van der Waals surface area contributed by atoms with E-state index in [1.54, 1.807) is 0 Å². The maximum Gasteiger partial charge on any atom is 0.139 e. The molecule has 6 rings (SSSR count). The predicted octanol–water partition coefficient (Wildman–Crippen LogP) is 9.60. The van der Waals surface area contributed by atoms with Crippen LogP contribution in [0.4, 0.5) is 0 Å². The molecule has 0 amide bonds. The zero-order chi connectivity index (χ0) is 28.6. The van der Waals surface area contributed by atoms with Gasteiger partial charge in [0.1, 0.15) is 46.2 Å². The van der Waals surface area contributed by atoms with Crippen LogP contribution in [-0.4, -0.2) is 6.29 Å². The molecule has 0 saturated heterocycles. The molecule has 0 saturated carbocycles. The summed E-state index contributed by atoms with van der Waals surface area (Å²) in [5.41, 5.74) is 1.35. The number of carbonyl (C=O) groups excluding carboxylic acids is 1. The summed E-state index contributed by atoms with van der Waals surface area (Å²) in [6, 6.07) is 51.8. The standard InChI is InChI=1S/C38H28O4/c39-28-38(29-16-22-35(23-17-29)40-32-10-4-1-5-11-32,30-18-24-36(25-19-30)41-33-12-6-2-7-13-33)31-20-26-37(27-21-31)42-34-14-8-3-9-15-34/h1-28H. The quantitative estimate of drug-likeness (QED) is 0.126. The van der Waals surface area contributed by atoms with Crippen LogP contribution in [0, 0.1) is 0 Å². The first kappa shape index (κ1) is 26.6. The predicted molar refractivity (Wildman–Crippen MR) is 165 cm³/mol. The Hall–Kier alpha value is -5.61. The second-order valence-corrected chi connectivity index (χ2v) is 9.74. The van der Waals surface area contributed by atoms with Crippen molar-refractivity contribution in [1.29, 1.82) is 0 Å². The lowest BCUT2D eigenvalue weighted by Crippen LogP contribution is -2.31. The summed E-state index contributed by atoms with van der Waals surface area (Å²) in [5.74, 6) is 4.29. The van der Waals surface area contributed by atoms with E-state index < -0.39 is 5.41 Å². The number of ether oxygens (including phenoxy) is 3. The van der Waals surface area contributed by atoms with Gasteiger partial charge in [-0.15, -0.1) is 0 Å². The summed E-state index contributed by atoms with van der Waals surface area (Å²) in [6.45, 7) is 0. The minimum absolute atomic E-state index is 0.683. The molecule has 0 fully saturated rings. The summed E-state index contributed by atoms with van der Waals surface area (Å²) in [4.78, 5) is 13.3. The Balaban J connectivity index is 1.36. The SMILES string of the molecule is O=CC(c1ccc(Oc2ccccc2)cc1)(c1ccc(Oc2ccccc2)cc1)c1ccc(Oc2ccccc2)cc1. The Morgan fingerprint density at radius 2 is 0.571 bits per heavy atom. The highest BCUT2D eigenvalue weighted by Gasteiger charge is 2.36. The largest absolute Gasteiger partial charge is 0.457 e. The molecule has 0 spiro atoms. The maximum absolute atomic E-state index is 13.3. The van der Waals surface area contributed by atoms with Crippen LogP contribution in [0.15, 0.2) is 164 Å². The number of para-hydroxylation sites is 3. The lowest BCUT2D eigenvalue weighted by atomic mass is 9.70. The second-order valence-electron chi connectivity index (χ2n) is 9.74. The van der Waals surface area contributed by atoms with Crippen LogP contribution in [-0.2, 0) is 10.2 Å². The molecule has 0 radical (unpaired) electrons. The molecule has 0 unspecified atom stereocenters. The molecule has 4 heteroatoms. The highest BCUT2D eigenvalue weighted by Crippen LogP contribution is 2.40. The van der Waals surface area contributed by atoms with Crippen LogP contribution < -0.4 is 14.2 Å². The Kier molecular flexibility index (Phi) is 7.78. The van der Waals surface area contributed by atoms with E-state index in [0.29, 0.717) is 17.2 Å². The zero-order valence-electron chi connectivity index (χ0n) is 22.8. The van der Waals surface area contributed by atoms with E-state index in [2.05, 4.69) is 0 Å². The maximum atomic E-state index is 13.3. The van der Waals surface area contributed by atoms with Crippen molar-refractivity contribution < 1.29 is 19.0 Å². The zero-order valence-corrected chi connectivity index (χ0v) is 22.8. The third kappa shape index (κ3) is 5.79. The van der Waals surface area contributed by atoms with Crippen LogP contribution in [0.25, 0.3) is 0 Å². The fraction of sp³-hybridized carbons (Fsp3) is 0.0263. The summed E-state index contributed by atoms with van der Waals surface area (Å²) in [6.07, 6.45) is 1.00. The van der Waals surface area contributed by atoms with Gasteiger partial charge in [0.2, 0.25) is 0 Å². The van der Waals surface area contributed by atoms with Gasteiger partial charge < -0.3 is 19.0 Å². The molecule has 6 aromatic carbocycles. The summed E-state index contributed by atoms with van der Waals surface area (Å²) in [5, 5.41) is 0. The van der Waals surface area contributed by atoms with Crippen molar-refractivity contribution in [3.05, 3.63) is 180 Å². The number of aldehydes is 1. The summed E-state index contributed by atoms with van der Waals surface area (Å²) in [7, 11) is 0. The Morgan fingerprint density at radius 1 is 0.333 bits per heavy atom. The molecule has 0 aliphatic heterocycles. The van der Waals surface area contributed by atoms with Crippen molar-refractivity contribution >= 4 is 6.29 Å².